The van der Waals surface area contributed by atoms with Gasteiger partial charge in [0.15, 0.2) is 0 Å². The van der Waals surface area contributed by atoms with Gasteiger partial charge >= 0.3 is 0 Å². The number of halogens is 1. The second-order valence-corrected chi connectivity index (χ2v) is 5.75. The van der Waals surface area contributed by atoms with Gasteiger partial charge in [0, 0.05) is 42.4 Å². The van der Waals surface area contributed by atoms with E-state index < -0.39 is 16.6 Å². The molecule has 0 saturated carbocycles. The third-order valence-electron chi connectivity index (χ3n) is 2.96. The quantitative estimate of drug-likeness (QED) is 0.874. The first-order chi connectivity index (χ1) is 8.63. The molecule has 0 radical (unpaired) electrons. The number of nitrogens with zero attached hydrogens (tertiary/aromatic N) is 1. The van der Waals surface area contributed by atoms with Crippen molar-refractivity contribution in [2.45, 2.75) is 0 Å². The minimum absolute atomic E-state index is 0.212. The van der Waals surface area contributed by atoms with E-state index in [1.807, 2.05) is 0 Å². The van der Waals surface area contributed by atoms with Crippen LogP contribution in [0, 0.1) is 5.82 Å². The van der Waals surface area contributed by atoms with Crippen molar-refractivity contribution in [1.82, 2.24) is 4.90 Å². The number of carbonyl (C=O) groups is 1. The molecule has 18 heavy (non-hydrogen) atoms. The Labute approximate surface area is 108 Å². The lowest BCUT2D eigenvalue weighted by Gasteiger charge is -2.27. The van der Waals surface area contributed by atoms with Crippen molar-refractivity contribution in [3.63, 3.8) is 0 Å². The number of hydrogen-bond acceptors (Lipinski definition) is 3. The minimum atomic E-state index is -0.829. The van der Waals surface area contributed by atoms with Crippen molar-refractivity contribution in [2.24, 2.45) is 0 Å². The van der Waals surface area contributed by atoms with Crippen LogP contribution in [0.25, 0.3) is 0 Å². The fourth-order valence-electron chi connectivity index (χ4n) is 1.97. The number of hydrogen-bond donors (Lipinski definition) is 1. The highest BCUT2D eigenvalue weighted by molar-refractivity contribution is 7.85. The van der Waals surface area contributed by atoms with Gasteiger partial charge in [-0.15, -0.1) is 0 Å². The Bertz CT molecular complexity index is 483. The topological polar surface area (TPSA) is 49.4 Å². The summed E-state index contributed by atoms with van der Waals surface area (Å²) < 4.78 is 24.8. The highest BCUT2D eigenvalue weighted by atomic mass is 32.2. The van der Waals surface area contributed by atoms with Gasteiger partial charge in [-0.05, 0) is 12.1 Å². The molecular weight excluding hydrogens is 255 g/mol. The van der Waals surface area contributed by atoms with Gasteiger partial charge in [-0.2, -0.15) is 0 Å². The van der Waals surface area contributed by atoms with Gasteiger partial charge in [0.1, 0.15) is 5.82 Å². The zero-order valence-electron chi connectivity index (χ0n) is 10.1. The lowest BCUT2D eigenvalue weighted by atomic mass is 10.1. The highest BCUT2D eigenvalue weighted by Gasteiger charge is 2.23. The summed E-state index contributed by atoms with van der Waals surface area (Å²) in [6, 6.07) is 4.43. The van der Waals surface area contributed by atoms with E-state index in [9.17, 15) is 13.4 Å². The average Bonchev–Trinajstić information content (AvgIpc) is 2.38. The van der Waals surface area contributed by atoms with Crippen LogP contribution >= 0.6 is 0 Å². The maximum Gasteiger partial charge on any atom is 0.256 e. The zero-order valence-corrected chi connectivity index (χ0v) is 10.9. The van der Waals surface area contributed by atoms with Crippen LogP contribution in [-0.4, -0.2) is 46.7 Å². The summed E-state index contributed by atoms with van der Waals surface area (Å²) in [5.74, 6) is 0.339. The van der Waals surface area contributed by atoms with Crippen molar-refractivity contribution in [3.05, 3.63) is 29.6 Å². The van der Waals surface area contributed by atoms with Crippen LogP contribution in [0.1, 0.15) is 10.4 Å². The molecule has 1 aliphatic rings. The van der Waals surface area contributed by atoms with E-state index in [-0.39, 0.29) is 11.6 Å². The van der Waals surface area contributed by atoms with E-state index in [4.69, 9.17) is 0 Å². The van der Waals surface area contributed by atoms with Gasteiger partial charge in [-0.1, -0.05) is 6.07 Å². The Balaban J connectivity index is 2.23. The Hall–Kier alpha value is -1.43. The van der Waals surface area contributed by atoms with Gasteiger partial charge in [0.2, 0.25) is 0 Å². The Kier molecular flexibility index (Phi) is 3.96. The first kappa shape index (κ1) is 13.0. The molecule has 98 valence electrons. The van der Waals surface area contributed by atoms with Gasteiger partial charge in [-0.25, -0.2) is 4.39 Å². The van der Waals surface area contributed by atoms with E-state index in [1.165, 1.54) is 12.1 Å². The number of amides is 1. The number of anilines is 1. The molecule has 4 nitrogen and oxygen atoms in total. The molecule has 0 atom stereocenters. The number of benzene rings is 1. The van der Waals surface area contributed by atoms with Crippen LogP contribution in [0.3, 0.4) is 0 Å². The van der Waals surface area contributed by atoms with Crippen LogP contribution in [0.5, 0.6) is 0 Å². The molecule has 1 aromatic rings. The summed E-state index contributed by atoms with van der Waals surface area (Å²) in [7, 11) is 0.755. The molecule has 0 spiro atoms. The molecule has 0 aromatic heterocycles. The molecule has 0 unspecified atom stereocenters. The number of rotatable bonds is 2. The molecule has 1 amide bonds. The van der Waals surface area contributed by atoms with E-state index >= 15 is 0 Å². The molecule has 1 fully saturated rings. The van der Waals surface area contributed by atoms with Crippen LogP contribution < -0.4 is 5.32 Å². The van der Waals surface area contributed by atoms with Crippen molar-refractivity contribution in [1.29, 1.82) is 0 Å². The second kappa shape index (κ2) is 5.48. The van der Waals surface area contributed by atoms with Gasteiger partial charge in [0.25, 0.3) is 5.91 Å². The van der Waals surface area contributed by atoms with Crippen molar-refractivity contribution in [3.8, 4) is 0 Å². The van der Waals surface area contributed by atoms with Crippen LogP contribution in [-0.2, 0) is 10.8 Å². The van der Waals surface area contributed by atoms with Crippen molar-refractivity contribution < 1.29 is 13.4 Å². The number of nitrogens with one attached hydrogen (secondary N) is 1. The summed E-state index contributed by atoms with van der Waals surface area (Å²) >= 11 is 0. The smallest absolute Gasteiger partial charge is 0.256 e. The SMILES string of the molecule is CNc1c(F)cccc1C(=O)N1CCS(=O)CC1. The lowest BCUT2D eigenvalue weighted by molar-refractivity contribution is 0.0772. The van der Waals surface area contributed by atoms with Gasteiger partial charge in [0.05, 0.1) is 11.3 Å². The monoisotopic (exact) mass is 270 g/mol. The summed E-state index contributed by atoms with van der Waals surface area (Å²) in [5, 5.41) is 2.71. The van der Waals surface area contributed by atoms with E-state index in [2.05, 4.69) is 5.32 Å². The van der Waals surface area contributed by atoms with Crippen LogP contribution in [0.4, 0.5) is 10.1 Å². The third-order valence-corrected chi connectivity index (χ3v) is 4.23. The van der Waals surface area contributed by atoms with Crippen molar-refractivity contribution in [2.75, 3.05) is 37.0 Å². The standard InChI is InChI=1S/C12H15FN2O2S/c1-14-11-9(3-2-4-10(11)13)12(16)15-5-7-18(17)8-6-15/h2-4,14H,5-8H2,1H3. The fourth-order valence-corrected chi connectivity index (χ4v) is 3.02. The highest BCUT2D eigenvalue weighted by Crippen LogP contribution is 2.21. The van der Waals surface area contributed by atoms with Gasteiger partial charge < -0.3 is 10.2 Å². The minimum Gasteiger partial charge on any atom is -0.385 e. The lowest BCUT2D eigenvalue weighted by Crippen LogP contribution is -2.42. The molecule has 0 bridgehead atoms. The average molecular weight is 270 g/mol. The predicted octanol–water partition coefficient (Wildman–Crippen LogP) is 1.07. The first-order valence-corrected chi connectivity index (χ1v) is 7.23. The maximum absolute atomic E-state index is 13.6. The van der Waals surface area contributed by atoms with E-state index in [0.717, 1.165) is 0 Å². The third kappa shape index (κ3) is 2.53. The van der Waals surface area contributed by atoms with Crippen molar-refractivity contribution >= 4 is 22.4 Å². The van der Waals surface area contributed by atoms with E-state index in [1.54, 1.807) is 18.0 Å². The molecule has 2 rings (SSSR count). The summed E-state index contributed by atoms with van der Waals surface area (Å²) in [4.78, 5) is 13.9. The normalized spacial score (nSPS) is 16.7. The summed E-state index contributed by atoms with van der Waals surface area (Å²) in [5.41, 5.74) is 0.541. The molecule has 1 heterocycles. The summed E-state index contributed by atoms with van der Waals surface area (Å²) in [6.07, 6.45) is 0. The predicted molar refractivity (Wildman–Crippen MR) is 69.7 cm³/mol. The first-order valence-electron chi connectivity index (χ1n) is 5.74. The van der Waals surface area contributed by atoms with E-state index in [0.29, 0.717) is 30.2 Å². The molecule has 1 aliphatic heterocycles. The molecule has 6 heteroatoms. The molecule has 1 saturated heterocycles. The second-order valence-electron chi connectivity index (χ2n) is 4.05. The number of carbonyl (C=O) groups excluding carboxylic acids is 1. The molecule has 1 aromatic carbocycles. The Morgan fingerprint density at radius 1 is 1.39 bits per heavy atom. The summed E-state index contributed by atoms with van der Waals surface area (Å²) in [6.45, 7) is 0.927. The zero-order chi connectivity index (χ0) is 13.1. The number of para-hydroxylation sites is 1. The van der Waals surface area contributed by atoms with Gasteiger partial charge in [-0.3, -0.25) is 9.00 Å². The largest absolute Gasteiger partial charge is 0.385 e. The van der Waals surface area contributed by atoms with Crippen LogP contribution in [0.2, 0.25) is 0 Å². The molecular formula is C12H15FN2O2S. The Morgan fingerprint density at radius 2 is 2.06 bits per heavy atom. The van der Waals surface area contributed by atoms with Crippen LogP contribution in [0.15, 0.2) is 18.2 Å². The molecule has 1 N–H and O–H groups in total. The maximum atomic E-state index is 13.6. The fraction of sp³-hybridized carbons (Fsp3) is 0.417. The Morgan fingerprint density at radius 3 is 2.67 bits per heavy atom. The molecule has 0 aliphatic carbocycles.